The lowest BCUT2D eigenvalue weighted by Crippen LogP contribution is -2.02. The molecule has 0 bridgehead atoms. The molecule has 0 atom stereocenters. The summed E-state index contributed by atoms with van der Waals surface area (Å²) in [6.45, 7) is 2.29. The van der Waals surface area contributed by atoms with Crippen molar-refractivity contribution in [2.45, 2.75) is 116 Å². The summed E-state index contributed by atoms with van der Waals surface area (Å²) in [5.74, 6) is 2.26. The minimum Gasteiger partial charge on any atom is -0.496 e. The monoisotopic (exact) mass is 566 g/mol. The van der Waals surface area contributed by atoms with Crippen LogP contribution in [0.3, 0.4) is 0 Å². The lowest BCUT2D eigenvalue weighted by Gasteiger charge is -2.18. The number of aryl methyl sites for hydroxylation is 1. The van der Waals surface area contributed by atoms with Gasteiger partial charge in [-0.25, -0.2) is 0 Å². The Morgan fingerprint density at radius 1 is 0.650 bits per heavy atom. The molecule has 0 aromatic heterocycles. The van der Waals surface area contributed by atoms with Crippen LogP contribution < -0.4 is 14.2 Å². The second-order valence-corrected chi connectivity index (χ2v) is 11.3. The van der Waals surface area contributed by atoms with E-state index in [1.807, 2.05) is 42.5 Å². The summed E-state index contributed by atoms with van der Waals surface area (Å²) in [5, 5.41) is 0. The molecule has 2 aromatic carbocycles. The molecule has 0 heterocycles. The third kappa shape index (κ3) is 12.5. The standard InChI is InChI=1S/C36H54O3S/c1-5-6-7-8-9-10-11-12-13-14-15-16-17-18-19-21-26-31-29-33(37-2)32(36(39-4)35(31)38-3)27-28-34(40)30-24-22-20-23-25-30/h20,22-25,27-29H,5-19,21,26H2,1-4H3. The van der Waals surface area contributed by atoms with Crippen LogP contribution in [-0.4, -0.2) is 26.2 Å². The number of hydrogen-bond donors (Lipinski definition) is 0. The van der Waals surface area contributed by atoms with Gasteiger partial charge < -0.3 is 14.2 Å². The fraction of sp³-hybridized carbons (Fsp3) is 0.583. The van der Waals surface area contributed by atoms with Crippen LogP contribution in [-0.2, 0) is 6.42 Å². The van der Waals surface area contributed by atoms with E-state index in [0.29, 0.717) is 5.75 Å². The number of benzene rings is 2. The maximum atomic E-state index is 5.83. The maximum Gasteiger partial charge on any atom is 0.171 e. The zero-order valence-corrected chi connectivity index (χ0v) is 26.6. The number of rotatable bonds is 23. The molecule has 0 radical (unpaired) electrons. The molecule has 0 saturated carbocycles. The van der Waals surface area contributed by atoms with Crippen LogP contribution in [0.15, 0.2) is 42.5 Å². The Morgan fingerprint density at radius 3 is 1.62 bits per heavy atom. The normalized spacial score (nSPS) is 11.2. The van der Waals surface area contributed by atoms with E-state index in [4.69, 9.17) is 26.4 Å². The number of ether oxygens (including phenoxy) is 3. The molecule has 2 rings (SSSR count). The van der Waals surface area contributed by atoms with Gasteiger partial charge in [-0.3, -0.25) is 0 Å². The number of allylic oxidation sites excluding steroid dienone is 1. The lowest BCUT2D eigenvalue weighted by atomic mass is 9.99. The van der Waals surface area contributed by atoms with Crippen molar-refractivity contribution in [3.8, 4) is 17.2 Å². The van der Waals surface area contributed by atoms with E-state index >= 15 is 0 Å². The molecule has 0 N–H and O–H groups in total. The van der Waals surface area contributed by atoms with Crippen molar-refractivity contribution < 1.29 is 14.2 Å². The molecule has 0 fully saturated rings. The first kappa shape index (κ1) is 33.9. The van der Waals surface area contributed by atoms with Crippen LogP contribution in [0.25, 0.3) is 6.08 Å². The van der Waals surface area contributed by atoms with Crippen molar-refractivity contribution in [2.75, 3.05) is 21.3 Å². The molecule has 222 valence electrons. The predicted octanol–water partition coefficient (Wildman–Crippen LogP) is 10.9. The first-order chi connectivity index (χ1) is 19.7. The summed E-state index contributed by atoms with van der Waals surface area (Å²) in [5.41, 5.74) is 2.99. The SMILES string of the molecule is CCCCCCCCCCCCCCCCCCc1cc(OC)c(C=CC(=S)c2ccccc2)c(OC)c1OC. The number of hydrogen-bond acceptors (Lipinski definition) is 4. The van der Waals surface area contributed by atoms with Crippen molar-refractivity contribution in [2.24, 2.45) is 0 Å². The highest BCUT2D eigenvalue weighted by atomic mass is 32.1. The molecule has 0 saturated heterocycles. The topological polar surface area (TPSA) is 27.7 Å². The number of thiocarbonyl (C=S) groups is 1. The van der Waals surface area contributed by atoms with Crippen molar-refractivity contribution in [1.29, 1.82) is 0 Å². The molecule has 0 aliphatic heterocycles. The van der Waals surface area contributed by atoms with Gasteiger partial charge in [-0.2, -0.15) is 0 Å². The fourth-order valence-electron chi connectivity index (χ4n) is 5.34. The maximum absolute atomic E-state index is 5.83. The Balaban J connectivity index is 1.74. The van der Waals surface area contributed by atoms with E-state index in [0.717, 1.165) is 45.9 Å². The molecule has 0 aliphatic carbocycles. The molecule has 0 aliphatic rings. The van der Waals surface area contributed by atoms with Gasteiger partial charge in [0.05, 0.1) is 26.9 Å². The third-order valence-electron chi connectivity index (χ3n) is 7.70. The van der Waals surface area contributed by atoms with Crippen LogP contribution in [0.5, 0.6) is 17.2 Å². The molecule has 0 unspecified atom stereocenters. The molecule has 2 aromatic rings. The van der Waals surface area contributed by atoms with Gasteiger partial charge in [0.15, 0.2) is 11.5 Å². The highest BCUT2D eigenvalue weighted by Gasteiger charge is 2.19. The summed E-state index contributed by atoms with van der Waals surface area (Å²) in [6, 6.07) is 12.1. The summed E-state index contributed by atoms with van der Waals surface area (Å²) in [6.07, 6.45) is 26.8. The van der Waals surface area contributed by atoms with E-state index in [9.17, 15) is 0 Å². The first-order valence-corrected chi connectivity index (χ1v) is 16.2. The predicted molar refractivity (Wildman–Crippen MR) is 177 cm³/mol. The van der Waals surface area contributed by atoms with E-state index in [1.54, 1.807) is 21.3 Å². The van der Waals surface area contributed by atoms with Gasteiger partial charge >= 0.3 is 0 Å². The minimum absolute atomic E-state index is 0.695. The van der Waals surface area contributed by atoms with Crippen molar-refractivity contribution in [3.05, 3.63) is 59.2 Å². The number of methoxy groups -OCH3 is 3. The summed E-state index contributed by atoms with van der Waals surface area (Å²) >= 11 is 5.62. The van der Waals surface area contributed by atoms with Gasteiger partial charge in [-0.1, -0.05) is 146 Å². The molecule has 4 heteroatoms. The molecular weight excluding hydrogens is 512 g/mol. The summed E-state index contributed by atoms with van der Waals surface area (Å²) in [4.78, 5) is 0.765. The Hall–Kier alpha value is -2.33. The summed E-state index contributed by atoms with van der Waals surface area (Å²) in [7, 11) is 5.10. The molecule has 0 spiro atoms. The first-order valence-electron chi connectivity index (χ1n) is 15.8. The Bertz CT molecular complexity index is 983. The minimum atomic E-state index is 0.695. The van der Waals surface area contributed by atoms with E-state index in [-0.39, 0.29) is 0 Å². The lowest BCUT2D eigenvalue weighted by molar-refractivity contribution is 0.344. The Morgan fingerprint density at radius 2 is 1.15 bits per heavy atom. The number of unbranched alkanes of at least 4 members (excludes halogenated alkanes) is 15. The van der Waals surface area contributed by atoms with E-state index in [1.165, 1.54) is 96.3 Å². The zero-order valence-electron chi connectivity index (χ0n) is 25.8. The molecule has 3 nitrogen and oxygen atoms in total. The van der Waals surface area contributed by atoms with Crippen LogP contribution in [0.1, 0.15) is 126 Å². The average Bonchev–Trinajstić information content (AvgIpc) is 2.99. The van der Waals surface area contributed by atoms with Gasteiger partial charge in [-0.15, -0.1) is 0 Å². The average molecular weight is 567 g/mol. The van der Waals surface area contributed by atoms with E-state index < -0.39 is 0 Å². The zero-order chi connectivity index (χ0) is 28.8. The quantitative estimate of drug-likeness (QED) is 0.0578. The van der Waals surface area contributed by atoms with Crippen LogP contribution in [0.4, 0.5) is 0 Å². The van der Waals surface area contributed by atoms with Gasteiger partial charge in [0.1, 0.15) is 5.75 Å². The van der Waals surface area contributed by atoms with Crippen LogP contribution in [0, 0.1) is 0 Å². The second kappa shape index (κ2) is 21.4. The third-order valence-corrected chi connectivity index (χ3v) is 8.07. The largest absolute Gasteiger partial charge is 0.496 e. The Labute approximate surface area is 250 Å². The molecular formula is C36H54O3S. The van der Waals surface area contributed by atoms with Crippen LogP contribution >= 0.6 is 12.2 Å². The highest BCUT2D eigenvalue weighted by Crippen LogP contribution is 2.42. The van der Waals surface area contributed by atoms with Crippen molar-refractivity contribution in [1.82, 2.24) is 0 Å². The van der Waals surface area contributed by atoms with Crippen molar-refractivity contribution >= 4 is 23.2 Å². The second-order valence-electron chi connectivity index (χ2n) is 10.8. The molecule has 0 amide bonds. The van der Waals surface area contributed by atoms with Gasteiger partial charge in [-0.05, 0) is 36.6 Å². The fourth-order valence-corrected chi connectivity index (χ4v) is 5.55. The van der Waals surface area contributed by atoms with Gasteiger partial charge in [0.25, 0.3) is 0 Å². The van der Waals surface area contributed by atoms with E-state index in [2.05, 4.69) is 13.0 Å². The van der Waals surface area contributed by atoms with Gasteiger partial charge in [0, 0.05) is 10.4 Å². The molecule has 40 heavy (non-hydrogen) atoms. The summed E-state index contributed by atoms with van der Waals surface area (Å²) < 4.78 is 17.4. The van der Waals surface area contributed by atoms with Crippen LogP contribution in [0.2, 0.25) is 0 Å². The van der Waals surface area contributed by atoms with Crippen molar-refractivity contribution in [3.63, 3.8) is 0 Å². The van der Waals surface area contributed by atoms with Gasteiger partial charge in [0.2, 0.25) is 0 Å². The smallest absolute Gasteiger partial charge is 0.171 e. The highest BCUT2D eigenvalue weighted by molar-refractivity contribution is 7.81. The Kier molecular flexibility index (Phi) is 18.1.